The van der Waals surface area contributed by atoms with Crippen LogP contribution in [0, 0.1) is 12.8 Å². The smallest absolute Gasteiger partial charge is 0.336 e. The van der Waals surface area contributed by atoms with E-state index < -0.39 is 5.97 Å². The molecule has 2 aromatic carbocycles. The van der Waals surface area contributed by atoms with Crippen LogP contribution in [0.25, 0.3) is 11.1 Å². The lowest BCUT2D eigenvalue weighted by molar-refractivity contribution is 0.0355. The van der Waals surface area contributed by atoms with Gasteiger partial charge in [0.15, 0.2) is 0 Å². The topological polar surface area (TPSA) is 46.5 Å². The first-order chi connectivity index (χ1) is 14.6. The van der Waals surface area contributed by atoms with Crippen LogP contribution in [0.5, 0.6) is 0 Å². The maximum atomic E-state index is 11.8. The SMILES string of the molecule is CCSCC(CC1CCCCC1)OCc1ccc(C(=O)O)c(-c2ccccc2C)c1. The van der Waals surface area contributed by atoms with Crippen molar-refractivity contribution in [3.8, 4) is 11.1 Å². The number of aryl methyl sites for hydroxylation is 1. The summed E-state index contributed by atoms with van der Waals surface area (Å²) in [5.74, 6) is 2.04. The molecule has 0 aromatic heterocycles. The zero-order valence-electron chi connectivity index (χ0n) is 18.2. The van der Waals surface area contributed by atoms with Crippen molar-refractivity contribution in [1.82, 2.24) is 0 Å². The molecule has 3 nitrogen and oxygen atoms in total. The van der Waals surface area contributed by atoms with Crippen LogP contribution in [0.3, 0.4) is 0 Å². The molecule has 1 N–H and O–H groups in total. The second kappa shape index (κ2) is 11.6. The highest BCUT2D eigenvalue weighted by Gasteiger charge is 2.20. The molecule has 1 saturated carbocycles. The van der Waals surface area contributed by atoms with E-state index in [9.17, 15) is 9.90 Å². The summed E-state index contributed by atoms with van der Waals surface area (Å²) in [6.07, 6.45) is 8.17. The van der Waals surface area contributed by atoms with Crippen LogP contribution >= 0.6 is 11.8 Å². The minimum absolute atomic E-state index is 0.263. The second-order valence-corrected chi connectivity index (χ2v) is 9.65. The lowest BCUT2D eigenvalue weighted by Crippen LogP contribution is -2.22. The standard InChI is InChI=1S/C26H34O3S/c1-3-30-18-22(15-20-10-5-4-6-11-20)29-17-21-13-14-24(26(27)28)25(16-21)23-12-8-7-9-19(23)2/h7-9,12-14,16,20,22H,3-6,10-11,15,17-18H2,1-2H3,(H,27,28). The molecule has 1 fully saturated rings. The summed E-state index contributed by atoms with van der Waals surface area (Å²) in [7, 11) is 0. The highest BCUT2D eigenvalue weighted by Crippen LogP contribution is 2.31. The van der Waals surface area contributed by atoms with Gasteiger partial charge in [0.25, 0.3) is 0 Å². The molecule has 0 heterocycles. The third kappa shape index (κ3) is 6.36. The molecule has 1 aliphatic rings. The van der Waals surface area contributed by atoms with E-state index in [-0.39, 0.29) is 6.10 Å². The van der Waals surface area contributed by atoms with Gasteiger partial charge in [-0.1, -0.05) is 69.4 Å². The average Bonchev–Trinajstić information content (AvgIpc) is 2.76. The summed E-state index contributed by atoms with van der Waals surface area (Å²) in [5.41, 5.74) is 4.19. The molecule has 0 bridgehead atoms. The van der Waals surface area contributed by atoms with Gasteiger partial charge in [-0.25, -0.2) is 4.79 Å². The Bertz CT molecular complexity index is 827. The summed E-state index contributed by atoms with van der Waals surface area (Å²) < 4.78 is 6.39. The number of hydrogen-bond acceptors (Lipinski definition) is 3. The van der Waals surface area contributed by atoms with E-state index in [1.165, 1.54) is 32.1 Å². The molecule has 162 valence electrons. The molecule has 2 aromatic rings. The first kappa shape index (κ1) is 22.9. The molecule has 4 heteroatoms. The van der Waals surface area contributed by atoms with Crippen molar-refractivity contribution in [3.05, 3.63) is 59.2 Å². The number of carboxylic acid groups (broad SMARTS) is 1. The Kier molecular flexibility index (Phi) is 8.83. The van der Waals surface area contributed by atoms with Gasteiger partial charge >= 0.3 is 5.97 Å². The Hall–Kier alpha value is -1.78. The number of rotatable bonds is 10. The van der Waals surface area contributed by atoms with Crippen molar-refractivity contribution in [2.45, 2.75) is 65.1 Å². The molecule has 1 aliphatic carbocycles. The van der Waals surface area contributed by atoms with Crippen LogP contribution in [0.15, 0.2) is 42.5 Å². The zero-order valence-corrected chi connectivity index (χ0v) is 19.0. The van der Waals surface area contributed by atoms with E-state index in [2.05, 4.69) is 6.92 Å². The molecule has 30 heavy (non-hydrogen) atoms. The van der Waals surface area contributed by atoms with Crippen molar-refractivity contribution < 1.29 is 14.6 Å². The summed E-state index contributed by atoms with van der Waals surface area (Å²) in [6, 6.07) is 13.6. The quantitative estimate of drug-likeness (QED) is 0.446. The Morgan fingerprint density at radius 2 is 1.90 bits per heavy atom. The maximum Gasteiger partial charge on any atom is 0.336 e. The maximum absolute atomic E-state index is 11.8. The van der Waals surface area contributed by atoms with E-state index in [0.717, 1.165) is 46.1 Å². The van der Waals surface area contributed by atoms with Gasteiger partial charge in [0, 0.05) is 5.75 Å². The predicted molar refractivity (Wildman–Crippen MR) is 126 cm³/mol. The molecule has 1 atom stereocenters. The fraction of sp³-hybridized carbons (Fsp3) is 0.500. The molecule has 1 unspecified atom stereocenters. The second-order valence-electron chi connectivity index (χ2n) is 8.33. The first-order valence-electron chi connectivity index (χ1n) is 11.2. The van der Waals surface area contributed by atoms with Crippen LogP contribution in [0.2, 0.25) is 0 Å². The minimum Gasteiger partial charge on any atom is -0.478 e. The van der Waals surface area contributed by atoms with Crippen molar-refractivity contribution in [3.63, 3.8) is 0 Å². The number of hydrogen-bond donors (Lipinski definition) is 1. The van der Waals surface area contributed by atoms with Gasteiger partial charge in [-0.3, -0.25) is 0 Å². The van der Waals surface area contributed by atoms with E-state index in [4.69, 9.17) is 4.74 Å². The van der Waals surface area contributed by atoms with Crippen molar-refractivity contribution in [1.29, 1.82) is 0 Å². The fourth-order valence-electron chi connectivity index (χ4n) is 4.41. The van der Waals surface area contributed by atoms with Crippen molar-refractivity contribution >= 4 is 17.7 Å². The number of thioether (sulfide) groups is 1. The van der Waals surface area contributed by atoms with Gasteiger partial charge in [-0.05, 0) is 59.4 Å². The summed E-state index contributed by atoms with van der Waals surface area (Å²) >= 11 is 1.95. The molecule has 0 saturated heterocycles. The molecule has 0 aliphatic heterocycles. The highest BCUT2D eigenvalue weighted by molar-refractivity contribution is 7.99. The summed E-state index contributed by atoms with van der Waals surface area (Å²) in [6.45, 7) is 4.74. The van der Waals surface area contributed by atoms with Crippen LogP contribution < -0.4 is 0 Å². The van der Waals surface area contributed by atoms with Crippen molar-refractivity contribution in [2.24, 2.45) is 5.92 Å². The Labute approximate surface area is 185 Å². The van der Waals surface area contributed by atoms with E-state index in [1.807, 2.05) is 55.1 Å². The van der Waals surface area contributed by atoms with E-state index >= 15 is 0 Å². The van der Waals surface area contributed by atoms with E-state index in [1.54, 1.807) is 6.07 Å². The normalized spacial score (nSPS) is 15.8. The molecule has 3 rings (SSSR count). The monoisotopic (exact) mass is 426 g/mol. The number of aromatic carboxylic acids is 1. The largest absolute Gasteiger partial charge is 0.478 e. The van der Waals surface area contributed by atoms with Crippen LogP contribution in [-0.2, 0) is 11.3 Å². The molecule has 0 amide bonds. The van der Waals surface area contributed by atoms with Gasteiger partial charge < -0.3 is 9.84 Å². The highest BCUT2D eigenvalue weighted by atomic mass is 32.2. The Morgan fingerprint density at radius 3 is 2.60 bits per heavy atom. The van der Waals surface area contributed by atoms with Crippen LogP contribution in [-0.4, -0.2) is 28.7 Å². The number of benzene rings is 2. The number of ether oxygens (including phenoxy) is 1. The van der Waals surface area contributed by atoms with Crippen LogP contribution in [0.4, 0.5) is 0 Å². The van der Waals surface area contributed by atoms with Gasteiger partial charge in [0.05, 0.1) is 18.3 Å². The minimum atomic E-state index is -0.893. The van der Waals surface area contributed by atoms with Gasteiger partial charge in [0.1, 0.15) is 0 Å². The fourth-order valence-corrected chi connectivity index (χ4v) is 5.14. The number of carboxylic acids is 1. The lowest BCUT2D eigenvalue weighted by atomic mass is 9.85. The van der Waals surface area contributed by atoms with Crippen LogP contribution in [0.1, 0.15) is 66.9 Å². The predicted octanol–water partition coefficient (Wildman–Crippen LogP) is 6.97. The zero-order chi connectivity index (χ0) is 21.3. The Balaban J connectivity index is 1.75. The molecular formula is C26H34O3S. The average molecular weight is 427 g/mol. The molecular weight excluding hydrogens is 392 g/mol. The summed E-state index contributed by atoms with van der Waals surface area (Å²) in [4.78, 5) is 11.8. The first-order valence-corrected chi connectivity index (χ1v) is 12.4. The lowest BCUT2D eigenvalue weighted by Gasteiger charge is -2.26. The molecule has 0 radical (unpaired) electrons. The summed E-state index contributed by atoms with van der Waals surface area (Å²) in [5, 5.41) is 9.67. The van der Waals surface area contributed by atoms with E-state index in [0.29, 0.717) is 12.2 Å². The molecule has 0 spiro atoms. The van der Waals surface area contributed by atoms with Gasteiger partial charge in [-0.15, -0.1) is 0 Å². The third-order valence-corrected chi connectivity index (χ3v) is 7.08. The third-order valence-electron chi connectivity index (χ3n) is 6.06. The number of carbonyl (C=O) groups is 1. The van der Waals surface area contributed by atoms with Gasteiger partial charge in [0.2, 0.25) is 0 Å². The Morgan fingerprint density at radius 1 is 1.13 bits per heavy atom. The van der Waals surface area contributed by atoms with Crippen molar-refractivity contribution in [2.75, 3.05) is 11.5 Å². The van der Waals surface area contributed by atoms with Gasteiger partial charge in [-0.2, -0.15) is 11.8 Å².